The van der Waals surface area contributed by atoms with Gasteiger partial charge < -0.3 is 19.8 Å². The molecule has 5 rings (SSSR count). The number of aromatic nitrogens is 2. The van der Waals surface area contributed by atoms with Gasteiger partial charge in [-0.3, -0.25) is 14.5 Å². The first kappa shape index (κ1) is 24.6. The summed E-state index contributed by atoms with van der Waals surface area (Å²) in [4.78, 5) is 41.7. The van der Waals surface area contributed by atoms with E-state index in [1.807, 2.05) is 11.9 Å². The molecule has 2 amide bonds. The number of β-amino-alcohol motifs (C(OH)–C–C–N with tert-alkyl or cyclic N) is 1. The third-order valence-electron chi connectivity index (χ3n) is 8.15. The van der Waals surface area contributed by atoms with E-state index in [9.17, 15) is 14.7 Å². The Morgan fingerprint density at radius 3 is 2.44 bits per heavy atom. The van der Waals surface area contributed by atoms with E-state index in [0.717, 1.165) is 51.9 Å². The van der Waals surface area contributed by atoms with Crippen LogP contribution in [0.1, 0.15) is 47.8 Å². The number of fused-ring (bicyclic) bond motifs is 1. The number of nitrogens with zero attached hydrogens (tertiary/aromatic N) is 6. The molecule has 2 atom stereocenters. The number of aliphatic hydroxyl groups excluding tert-OH is 1. The van der Waals surface area contributed by atoms with Crippen LogP contribution < -0.4 is 4.90 Å². The van der Waals surface area contributed by atoms with Gasteiger partial charge in [0.25, 0.3) is 5.91 Å². The second-order valence-corrected chi connectivity index (χ2v) is 10.3. The largest absolute Gasteiger partial charge is 0.390 e. The van der Waals surface area contributed by atoms with Crippen LogP contribution in [0, 0.1) is 0 Å². The van der Waals surface area contributed by atoms with Crippen LogP contribution in [0.3, 0.4) is 0 Å². The zero-order chi connectivity index (χ0) is 25.2. The minimum absolute atomic E-state index is 0.0513. The highest BCUT2D eigenvalue weighted by Crippen LogP contribution is 2.26. The maximum atomic E-state index is 13.3. The number of likely N-dealkylation sites (tertiary alicyclic amines) is 2. The van der Waals surface area contributed by atoms with Crippen LogP contribution in [0.4, 0.5) is 5.82 Å². The first-order chi connectivity index (χ1) is 17.4. The van der Waals surface area contributed by atoms with Gasteiger partial charge in [-0.25, -0.2) is 9.97 Å². The van der Waals surface area contributed by atoms with Gasteiger partial charge in [0.1, 0.15) is 17.8 Å². The second-order valence-electron chi connectivity index (χ2n) is 10.3. The van der Waals surface area contributed by atoms with Crippen molar-refractivity contribution in [3.8, 4) is 0 Å². The molecular weight excluding hydrogens is 456 g/mol. The molecule has 0 radical (unpaired) electrons. The quantitative estimate of drug-likeness (QED) is 0.692. The molecule has 1 aromatic heterocycles. The maximum absolute atomic E-state index is 13.3. The van der Waals surface area contributed by atoms with Crippen molar-refractivity contribution < 1.29 is 14.7 Å². The average Bonchev–Trinajstić information content (AvgIpc) is 2.92. The van der Waals surface area contributed by atoms with Crippen molar-refractivity contribution in [1.82, 2.24) is 24.7 Å². The molecule has 2 saturated heterocycles. The van der Waals surface area contributed by atoms with E-state index in [-0.39, 0.29) is 23.9 Å². The van der Waals surface area contributed by atoms with Crippen molar-refractivity contribution in [2.24, 2.45) is 0 Å². The Hall–Kier alpha value is -3.04. The van der Waals surface area contributed by atoms with E-state index in [4.69, 9.17) is 0 Å². The summed E-state index contributed by atoms with van der Waals surface area (Å²) in [7, 11) is 1.98. The molecule has 0 bridgehead atoms. The van der Waals surface area contributed by atoms with Crippen molar-refractivity contribution in [3.05, 3.63) is 53.5 Å². The van der Waals surface area contributed by atoms with Crippen molar-refractivity contribution >= 4 is 17.6 Å². The normalized spacial score (nSPS) is 23.3. The number of amides is 2. The number of hydrogen-bond acceptors (Lipinski definition) is 7. The molecule has 4 heterocycles. The van der Waals surface area contributed by atoms with Crippen LogP contribution in [0.2, 0.25) is 0 Å². The van der Waals surface area contributed by atoms with Gasteiger partial charge in [-0.1, -0.05) is 24.3 Å². The fourth-order valence-electron chi connectivity index (χ4n) is 5.90. The van der Waals surface area contributed by atoms with Gasteiger partial charge in [0.15, 0.2) is 0 Å². The number of carbonyl (C=O) groups is 2. The maximum Gasteiger partial charge on any atom is 0.272 e. The summed E-state index contributed by atoms with van der Waals surface area (Å²) in [6.45, 7) is 5.75. The van der Waals surface area contributed by atoms with Crippen molar-refractivity contribution in [2.75, 3.05) is 44.7 Å². The Labute approximate surface area is 212 Å². The predicted molar refractivity (Wildman–Crippen MR) is 137 cm³/mol. The van der Waals surface area contributed by atoms with E-state index in [1.54, 1.807) is 17.9 Å². The van der Waals surface area contributed by atoms with Gasteiger partial charge in [0, 0.05) is 71.4 Å². The first-order valence-corrected chi connectivity index (χ1v) is 13.0. The second kappa shape index (κ2) is 10.5. The van der Waals surface area contributed by atoms with E-state index in [0.29, 0.717) is 24.6 Å². The van der Waals surface area contributed by atoms with Crippen LogP contribution in [0.15, 0.2) is 36.7 Å². The number of rotatable bonds is 4. The van der Waals surface area contributed by atoms with Gasteiger partial charge in [0.05, 0.1) is 6.10 Å². The average molecular weight is 493 g/mol. The molecule has 2 aromatic rings. The SMILES string of the molecule is CC(=O)N1CCC(N(C)c2cc(C(=O)N3CCC(N4CCc5ccccc5C4)C(O)C3)ncn2)CC1. The molecular formula is C27H36N6O3. The fourth-order valence-corrected chi connectivity index (χ4v) is 5.90. The topological polar surface area (TPSA) is 93.1 Å². The van der Waals surface area contributed by atoms with Gasteiger partial charge >= 0.3 is 0 Å². The summed E-state index contributed by atoms with van der Waals surface area (Å²) in [5, 5.41) is 11.0. The molecule has 1 N–H and O–H groups in total. The van der Waals surface area contributed by atoms with Crippen LogP contribution in [0.5, 0.6) is 0 Å². The van der Waals surface area contributed by atoms with Gasteiger partial charge in [-0.05, 0) is 36.8 Å². The summed E-state index contributed by atoms with van der Waals surface area (Å²) >= 11 is 0. The summed E-state index contributed by atoms with van der Waals surface area (Å²) in [6, 6.07) is 10.6. The van der Waals surface area contributed by atoms with Crippen LogP contribution in [-0.4, -0.2) is 99.5 Å². The highest BCUT2D eigenvalue weighted by Gasteiger charge is 2.36. The molecule has 36 heavy (non-hydrogen) atoms. The molecule has 192 valence electrons. The van der Waals surface area contributed by atoms with Crippen molar-refractivity contribution in [3.63, 3.8) is 0 Å². The molecule has 3 aliphatic rings. The molecule has 9 heteroatoms. The molecule has 0 saturated carbocycles. The van der Waals surface area contributed by atoms with Gasteiger partial charge in [-0.15, -0.1) is 0 Å². The summed E-state index contributed by atoms with van der Waals surface area (Å²) in [5.74, 6) is 0.652. The summed E-state index contributed by atoms with van der Waals surface area (Å²) in [5.41, 5.74) is 3.08. The third kappa shape index (κ3) is 5.08. The van der Waals surface area contributed by atoms with Crippen LogP contribution in [-0.2, 0) is 17.8 Å². The van der Waals surface area contributed by atoms with E-state index >= 15 is 0 Å². The fraction of sp³-hybridized carbons (Fsp3) is 0.556. The third-order valence-corrected chi connectivity index (χ3v) is 8.15. The number of carbonyl (C=O) groups excluding carboxylic acids is 2. The predicted octanol–water partition coefficient (Wildman–Crippen LogP) is 1.56. The van der Waals surface area contributed by atoms with Crippen LogP contribution in [0.25, 0.3) is 0 Å². The number of piperidine rings is 2. The summed E-state index contributed by atoms with van der Waals surface area (Å²) < 4.78 is 0. The minimum atomic E-state index is -0.594. The number of anilines is 1. The Bertz CT molecular complexity index is 1100. The van der Waals surface area contributed by atoms with Gasteiger partial charge in [-0.2, -0.15) is 0 Å². The van der Waals surface area contributed by atoms with Crippen molar-refractivity contribution in [2.45, 2.75) is 57.3 Å². The number of aliphatic hydroxyl groups is 1. The Morgan fingerprint density at radius 2 is 1.72 bits per heavy atom. The monoisotopic (exact) mass is 492 g/mol. The standard InChI is InChI=1S/C27H36N6O3/c1-19(34)31-12-8-22(9-13-31)30(2)26-15-23(28-18-29-26)27(36)33-14-10-24(25(35)17-33)32-11-7-20-5-3-4-6-21(20)16-32/h3-6,15,18,22,24-25,35H,7-14,16-17H2,1-2H3. The van der Waals surface area contributed by atoms with E-state index in [1.165, 1.54) is 17.5 Å². The summed E-state index contributed by atoms with van der Waals surface area (Å²) in [6.07, 6.45) is 4.31. The number of benzene rings is 1. The smallest absolute Gasteiger partial charge is 0.272 e. The lowest BCUT2D eigenvalue weighted by Crippen LogP contribution is -2.56. The first-order valence-electron chi connectivity index (χ1n) is 13.0. The molecule has 2 fully saturated rings. The molecule has 0 aliphatic carbocycles. The molecule has 0 spiro atoms. The Kier molecular flexibility index (Phi) is 7.20. The number of hydrogen-bond donors (Lipinski definition) is 1. The zero-order valence-corrected chi connectivity index (χ0v) is 21.2. The van der Waals surface area contributed by atoms with Crippen LogP contribution >= 0.6 is 0 Å². The van der Waals surface area contributed by atoms with E-state index in [2.05, 4.69) is 44.0 Å². The van der Waals surface area contributed by atoms with Gasteiger partial charge in [0.2, 0.25) is 5.91 Å². The lowest BCUT2D eigenvalue weighted by atomic mass is 9.94. The molecule has 2 unspecified atom stereocenters. The Balaban J connectivity index is 1.20. The molecule has 3 aliphatic heterocycles. The highest BCUT2D eigenvalue weighted by molar-refractivity contribution is 5.93. The lowest BCUT2D eigenvalue weighted by molar-refractivity contribution is -0.129. The minimum Gasteiger partial charge on any atom is -0.390 e. The molecule has 9 nitrogen and oxygen atoms in total. The van der Waals surface area contributed by atoms with Crippen molar-refractivity contribution in [1.29, 1.82) is 0 Å². The van der Waals surface area contributed by atoms with E-state index < -0.39 is 6.10 Å². The lowest BCUT2D eigenvalue weighted by Gasteiger charge is -2.43. The zero-order valence-electron chi connectivity index (χ0n) is 21.2. The Morgan fingerprint density at radius 1 is 1.00 bits per heavy atom. The highest BCUT2D eigenvalue weighted by atomic mass is 16.3. The molecule has 1 aromatic carbocycles.